The van der Waals surface area contributed by atoms with Crippen LogP contribution < -0.4 is 4.90 Å². The van der Waals surface area contributed by atoms with Gasteiger partial charge in [-0.25, -0.2) is 4.79 Å². The van der Waals surface area contributed by atoms with Crippen LogP contribution in [0, 0.1) is 0 Å². The first-order chi connectivity index (χ1) is 13.4. The van der Waals surface area contributed by atoms with E-state index < -0.39 is 18.2 Å². The van der Waals surface area contributed by atoms with Crippen molar-refractivity contribution in [1.29, 1.82) is 0 Å². The van der Waals surface area contributed by atoms with E-state index in [2.05, 4.69) is 0 Å². The fraction of sp³-hybridized carbons (Fsp3) is 0.500. The van der Waals surface area contributed by atoms with Crippen molar-refractivity contribution in [3.05, 3.63) is 29.8 Å². The van der Waals surface area contributed by atoms with E-state index in [0.717, 1.165) is 0 Å². The molecule has 8 heteroatoms. The highest BCUT2D eigenvalue weighted by Gasteiger charge is 2.61. The number of carbonyl (C=O) groups is 4. The molecule has 28 heavy (non-hydrogen) atoms. The lowest BCUT2D eigenvalue weighted by atomic mass is 9.96. The van der Waals surface area contributed by atoms with Gasteiger partial charge in [0.2, 0.25) is 11.6 Å². The number of ether oxygens (including phenoxy) is 1. The fourth-order valence-electron chi connectivity index (χ4n) is 4.08. The second kappa shape index (κ2) is 7.61. The molecule has 0 radical (unpaired) electrons. The van der Waals surface area contributed by atoms with Crippen molar-refractivity contribution in [3.8, 4) is 0 Å². The third-order valence-corrected chi connectivity index (χ3v) is 5.46. The van der Waals surface area contributed by atoms with Crippen molar-refractivity contribution in [2.45, 2.75) is 39.3 Å². The van der Waals surface area contributed by atoms with Gasteiger partial charge in [0.05, 0.1) is 11.3 Å². The minimum atomic E-state index is -1.54. The number of rotatable bonds is 6. The number of hydrogen-bond acceptors (Lipinski definition) is 5. The Bertz CT molecular complexity index is 820. The molecule has 1 saturated heterocycles. The van der Waals surface area contributed by atoms with Gasteiger partial charge in [0.1, 0.15) is 0 Å². The Kier molecular flexibility index (Phi) is 5.40. The smallest absolute Gasteiger partial charge is 0.354 e. The summed E-state index contributed by atoms with van der Waals surface area (Å²) in [4.78, 5) is 55.5. The van der Waals surface area contributed by atoms with Crippen LogP contribution in [0.25, 0.3) is 0 Å². The average molecular weight is 387 g/mol. The number of benzene rings is 1. The number of carbonyl (C=O) groups excluding carboxylic acids is 4. The summed E-state index contributed by atoms with van der Waals surface area (Å²) in [5.41, 5.74) is -0.755. The lowest BCUT2D eigenvalue weighted by Crippen LogP contribution is -2.68. The first-order valence-electron chi connectivity index (χ1n) is 9.61. The lowest BCUT2D eigenvalue weighted by molar-refractivity contribution is -0.162. The SMILES string of the molecule is CCN(CC)C(=O)COC(=O)[C@]12CCC(=O)N1c1ccccc1C(=O)N2CC. The van der Waals surface area contributed by atoms with Crippen LogP contribution >= 0.6 is 0 Å². The minimum absolute atomic E-state index is 0.122. The molecule has 0 spiro atoms. The van der Waals surface area contributed by atoms with Crippen LogP contribution in [-0.4, -0.2) is 65.4 Å². The molecule has 1 aromatic rings. The highest BCUT2D eigenvalue weighted by molar-refractivity contribution is 6.15. The van der Waals surface area contributed by atoms with Crippen LogP contribution in [0.3, 0.4) is 0 Å². The van der Waals surface area contributed by atoms with Gasteiger partial charge in [0, 0.05) is 32.5 Å². The van der Waals surface area contributed by atoms with Gasteiger partial charge in [-0.3, -0.25) is 19.3 Å². The molecule has 0 bridgehead atoms. The Morgan fingerprint density at radius 2 is 1.82 bits per heavy atom. The van der Waals surface area contributed by atoms with Crippen LogP contribution in [0.15, 0.2) is 24.3 Å². The van der Waals surface area contributed by atoms with E-state index >= 15 is 0 Å². The van der Waals surface area contributed by atoms with Gasteiger partial charge in [-0.2, -0.15) is 0 Å². The zero-order valence-electron chi connectivity index (χ0n) is 16.4. The molecule has 2 aliphatic rings. The van der Waals surface area contributed by atoms with Crippen molar-refractivity contribution in [2.24, 2.45) is 0 Å². The van der Waals surface area contributed by atoms with Crippen LogP contribution in [0.1, 0.15) is 44.0 Å². The Hall–Kier alpha value is -2.90. The molecule has 150 valence electrons. The second-order valence-corrected chi connectivity index (χ2v) is 6.75. The summed E-state index contributed by atoms with van der Waals surface area (Å²) >= 11 is 0. The number of para-hydroxylation sites is 1. The maximum atomic E-state index is 13.2. The van der Waals surface area contributed by atoms with E-state index in [0.29, 0.717) is 24.3 Å². The molecule has 0 aromatic heterocycles. The van der Waals surface area contributed by atoms with E-state index in [1.165, 1.54) is 9.80 Å². The first kappa shape index (κ1) is 19.9. The summed E-state index contributed by atoms with van der Waals surface area (Å²) in [6.45, 7) is 6.27. The number of fused-ring (bicyclic) bond motifs is 3. The molecule has 2 heterocycles. The fourth-order valence-corrected chi connectivity index (χ4v) is 4.08. The third-order valence-electron chi connectivity index (χ3n) is 5.46. The van der Waals surface area contributed by atoms with Crippen LogP contribution in [0.5, 0.6) is 0 Å². The van der Waals surface area contributed by atoms with Gasteiger partial charge in [0.15, 0.2) is 6.61 Å². The number of hydrogen-bond donors (Lipinski definition) is 0. The maximum Gasteiger partial charge on any atom is 0.354 e. The standard InChI is InChI=1S/C20H25N3O5/c1-4-21(5-2)17(25)13-28-19(27)20-12-11-16(24)23(20)15-10-8-7-9-14(15)18(26)22(20)6-3/h7-10H,4-6,11-13H2,1-3H3/t20-/m0/s1. The number of amides is 3. The van der Waals surface area contributed by atoms with Crippen molar-refractivity contribution >= 4 is 29.4 Å². The Balaban J connectivity index is 1.97. The van der Waals surface area contributed by atoms with Gasteiger partial charge in [-0.05, 0) is 32.9 Å². The van der Waals surface area contributed by atoms with Gasteiger partial charge in [-0.15, -0.1) is 0 Å². The largest absolute Gasteiger partial charge is 0.452 e. The molecule has 0 aliphatic carbocycles. The topological polar surface area (TPSA) is 87.2 Å². The van der Waals surface area contributed by atoms with Gasteiger partial charge < -0.3 is 14.5 Å². The molecule has 3 amide bonds. The zero-order valence-corrected chi connectivity index (χ0v) is 16.4. The van der Waals surface area contributed by atoms with E-state index in [1.807, 2.05) is 13.8 Å². The van der Waals surface area contributed by atoms with Crippen molar-refractivity contribution < 1.29 is 23.9 Å². The Morgan fingerprint density at radius 1 is 1.14 bits per heavy atom. The summed E-state index contributed by atoms with van der Waals surface area (Å²) in [5.74, 6) is -1.62. The molecule has 0 saturated carbocycles. The van der Waals surface area contributed by atoms with E-state index in [4.69, 9.17) is 4.74 Å². The molecular formula is C20H25N3O5. The molecular weight excluding hydrogens is 362 g/mol. The van der Waals surface area contributed by atoms with E-state index in [1.54, 1.807) is 36.1 Å². The molecule has 0 unspecified atom stereocenters. The molecule has 8 nitrogen and oxygen atoms in total. The second-order valence-electron chi connectivity index (χ2n) is 6.75. The summed E-state index contributed by atoms with van der Waals surface area (Å²) in [7, 11) is 0. The third kappa shape index (κ3) is 2.83. The average Bonchev–Trinajstić information content (AvgIpc) is 3.06. The highest BCUT2D eigenvalue weighted by Crippen LogP contribution is 2.44. The normalized spacial score (nSPS) is 20.7. The number of esters is 1. The van der Waals surface area contributed by atoms with E-state index in [9.17, 15) is 19.2 Å². The lowest BCUT2D eigenvalue weighted by Gasteiger charge is -2.48. The van der Waals surface area contributed by atoms with Crippen molar-refractivity contribution in [2.75, 3.05) is 31.1 Å². The minimum Gasteiger partial charge on any atom is -0.452 e. The van der Waals surface area contributed by atoms with Gasteiger partial charge in [-0.1, -0.05) is 12.1 Å². The predicted octanol–water partition coefficient (Wildman–Crippen LogP) is 1.40. The van der Waals surface area contributed by atoms with Crippen molar-refractivity contribution in [3.63, 3.8) is 0 Å². The molecule has 3 rings (SSSR count). The molecule has 1 aromatic carbocycles. The maximum absolute atomic E-state index is 13.2. The monoisotopic (exact) mass is 387 g/mol. The van der Waals surface area contributed by atoms with Crippen molar-refractivity contribution in [1.82, 2.24) is 9.80 Å². The zero-order chi connectivity index (χ0) is 20.5. The van der Waals surface area contributed by atoms with Crippen LogP contribution in [0.4, 0.5) is 5.69 Å². The number of likely N-dealkylation sites (N-methyl/N-ethyl adjacent to an activating group) is 2. The number of anilines is 1. The highest BCUT2D eigenvalue weighted by atomic mass is 16.5. The summed E-state index contributed by atoms with van der Waals surface area (Å²) < 4.78 is 5.36. The number of nitrogens with zero attached hydrogens (tertiary/aromatic N) is 3. The summed E-state index contributed by atoms with van der Waals surface area (Å²) in [6, 6.07) is 6.75. The molecule has 2 aliphatic heterocycles. The molecule has 1 fully saturated rings. The summed E-state index contributed by atoms with van der Waals surface area (Å²) in [5, 5.41) is 0. The van der Waals surface area contributed by atoms with Crippen LogP contribution in [-0.2, 0) is 19.1 Å². The quantitative estimate of drug-likeness (QED) is 0.689. The van der Waals surface area contributed by atoms with Gasteiger partial charge in [0.25, 0.3) is 11.8 Å². The van der Waals surface area contributed by atoms with Crippen LogP contribution in [0.2, 0.25) is 0 Å². The summed E-state index contributed by atoms with van der Waals surface area (Å²) in [6.07, 6.45) is 0.259. The van der Waals surface area contributed by atoms with Gasteiger partial charge >= 0.3 is 5.97 Å². The van der Waals surface area contributed by atoms with E-state index in [-0.39, 0.29) is 37.1 Å². The Morgan fingerprint density at radius 3 is 2.46 bits per heavy atom. The predicted molar refractivity (Wildman–Crippen MR) is 101 cm³/mol. The Labute approximate surface area is 164 Å². The molecule has 1 atom stereocenters. The first-order valence-corrected chi connectivity index (χ1v) is 9.61. The molecule has 0 N–H and O–H groups in total.